The summed E-state index contributed by atoms with van der Waals surface area (Å²) in [4.78, 5) is 0.436. The molecule has 0 spiro atoms. The summed E-state index contributed by atoms with van der Waals surface area (Å²) in [6.45, 7) is 8.93. The molecular weight excluding hydrogens is 308 g/mol. The van der Waals surface area contributed by atoms with Crippen LogP contribution in [0.3, 0.4) is 0 Å². The summed E-state index contributed by atoms with van der Waals surface area (Å²) in [7, 11) is 0. The summed E-state index contributed by atoms with van der Waals surface area (Å²) >= 11 is 3.93. The van der Waals surface area contributed by atoms with Crippen molar-refractivity contribution in [3.05, 3.63) is 70.8 Å². The zero-order valence-corrected chi connectivity index (χ0v) is 14.3. The minimum absolute atomic E-state index is 0.400. The van der Waals surface area contributed by atoms with E-state index in [1.54, 1.807) is 0 Å². The maximum absolute atomic E-state index is 3.93. The van der Waals surface area contributed by atoms with E-state index in [0.717, 1.165) is 0 Å². The van der Waals surface area contributed by atoms with Crippen molar-refractivity contribution in [3.8, 4) is 0 Å². The van der Waals surface area contributed by atoms with Crippen LogP contribution in [0.5, 0.6) is 0 Å². The van der Waals surface area contributed by atoms with E-state index in [1.807, 2.05) is 0 Å². The number of alkyl halides is 1. The number of benzene rings is 2. The minimum Gasteiger partial charge on any atom is -0.0878 e. The first-order chi connectivity index (χ1) is 9.50. The third-order valence-electron chi connectivity index (χ3n) is 3.87. The molecule has 0 nitrogen and oxygen atoms in total. The van der Waals surface area contributed by atoms with Gasteiger partial charge in [-0.1, -0.05) is 83.9 Å². The van der Waals surface area contributed by atoms with E-state index >= 15 is 0 Å². The highest BCUT2D eigenvalue weighted by atomic mass is 79.9. The van der Waals surface area contributed by atoms with Crippen molar-refractivity contribution in [1.29, 1.82) is 0 Å². The number of hydrogen-bond acceptors (Lipinski definition) is 0. The Labute approximate surface area is 131 Å². The van der Waals surface area contributed by atoms with Gasteiger partial charge in [0.15, 0.2) is 0 Å². The average molecular weight is 331 g/mol. The molecule has 0 aliphatic heterocycles. The normalized spacial score (nSPS) is 14.3. The molecule has 0 heterocycles. The second-order valence-electron chi connectivity index (χ2n) is 5.94. The average Bonchev–Trinajstić information content (AvgIpc) is 2.42. The molecule has 0 radical (unpaired) electrons. The number of rotatable bonds is 4. The second-order valence-corrected chi connectivity index (χ2v) is 6.99. The quantitative estimate of drug-likeness (QED) is 0.616. The Hall–Kier alpha value is -1.08. The maximum Gasteiger partial charge on any atom is 0.0278 e. The predicted molar refractivity (Wildman–Crippen MR) is 91.8 cm³/mol. The molecule has 1 heteroatoms. The van der Waals surface area contributed by atoms with E-state index < -0.39 is 0 Å². The zero-order chi connectivity index (χ0) is 14.7. The van der Waals surface area contributed by atoms with E-state index in [2.05, 4.69) is 92.2 Å². The van der Waals surface area contributed by atoms with Crippen LogP contribution < -0.4 is 0 Å². The van der Waals surface area contributed by atoms with Crippen molar-refractivity contribution in [3.63, 3.8) is 0 Å². The van der Waals surface area contributed by atoms with Crippen molar-refractivity contribution in [2.24, 2.45) is 5.92 Å². The lowest BCUT2D eigenvalue weighted by atomic mass is 9.82. The molecule has 2 atom stereocenters. The number of aryl methyl sites for hydroxylation is 2. The Kier molecular flexibility index (Phi) is 5.04. The van der Waals surface area contributed by atoms with Crippen molar-refractivity contribution in [2.75, 3.05) is 0 Å². The Balaban J connectivity index is 2.52. The fraction of sp³-hybridized carbons (Fsp3) is 0.368. The topological polar surface area (TPSA) is 0 Å². The smallest absolute Gasteiger partial charge is 0.0278 e. The SMILES string of the molecule is Cc1ccc(C(c2ccccc2)C(Br)C(C)C)c(C)c1. The second kappa shape index (κ2) is 6.58. The monoisotopic (exact) mass is 330 g/mol. The van der Waals surface area contributed by atoms with E-state index in [9.17, 15) is 0 Å². The number of hydrogen-bond donors (Lipinski definition) is 0. The van der Waals surface area contributed by atoms with E-state index in [1.165, 1.54) is 22.3 Å². The lowest BCUT2D eigenvalue weighted by Gasteiger charge is -2.28. The van der Waals surface area contributed by atoms with Crippen LogP contribution in [0.15, 0.2) is 48.5 Å². The highest BCUT2D eigenvalue weighted by molar-refractivity contribution is 9.09. The van der Waals surface area contributed by atoms with Gasteiger partial charge in [-0.15, -0.1) is 0 Å². The van der Waals surface area contributed by atoms with Gasteiger partial charge in [-0.2, -0.15) is 0 Å². The maximum atomic E-state index is 3.93. The fourth-order valence-electron chi connectivity index (χ4n) is 2.75. The summed E-state index contributed by atoms with van der Waals surface area (Å²) in [5, 5.41) is 0. The van der Waals surface area contributed by atoms with Gasteiger partial charge in [-0.25, -0.2) is 0 Å². The molecule has 2 unspecified atom stereocenters. The van der Waals surface area contributed by atoms with Gasteiger partial charge in [-0.3, -0.25) is 0 Å². The molecule has 0 bridgehead atoms. The molecule has 0 aliphatic rings. The van der Waals surface area contributed by atoms with Gasteiger partial charge < -0.3 is 0 Å². The van der Waals surface area contributed by atoms with Gasteiger partial charge in [0.05, 0.1) is 0 Å². The summed E-state index contributed by atoms with van der Waals surface area (Å²) in [6.07, 6.45) is 0. The zero-order valence-electron chi connectivity index (χ0n) is 12.7. The van der Waals surface area contributed by atoms with Gasteiger partial charge in [0, 0.05) is 10.7 Å². The van der Waals surface area contributed by atoms with Crippen molar-refractivity contribution >= 4 is 15.9 Å². The lowest BCUT2D eigenvalue weighted by Crippen LogP contribution is -2.20. The molecule has 0 saturated heterocycles. The molecule has 0 amide bonds. The summed E-state index contributed by atoms with van der Waals surface area (Å²) in [5.74, 6) is 0.984. The van der Waals surface area contributed by atoms with E-state index in [0.29, 0.717) is 16.7 Å². The third-order valence-corrected chi connectivity index (χ3v) is 5.46. The molecule has 0 aromatic heterocycles. The van der Waals surface area contributed by atoms with Gasteiger partial charge in [0.2, 0.25) is 0 Å². The van der Waals surface area contributed by atoms with Crippen molar-refractivity contribution < 1.29 is 0 Å². The van der Waals surface area contributed by atoms with Gasteiger partial charge in [-0.05, 0) is 36.5 Å². The molecule has 0 fully saturated rings. The van der Waals surface area contributed by atoms with Gasteiger partial charge in [0.1, 0.15) is 0 Å². The predicted octanol–water partition coefficient (Wildman–Crippen LogP) is 5.85. The first-order valence-electron chi connectivity index (χ1n) is 7.27. The minimum atomic E-state index is 0.400. The highest BCUT2D eigenvalue weighted by Crippen LogP contribution is 2.37. The third kappa shape index (κ3) is 3.32. The Morgan fingerprint density at radius 1 is 0.900 bits per heavy atom. The summed E-state index contributed by atoms with van der Waals surface area (Å²) in [5.41, 5.74) is 5.52. The molecule has 2 aromatic carbocycles. The highest BCUT2D eigenvalue weighted by Gasteiger charge is 2.26. The molecule has 106 valence electrons. The largest absolute Gasteiger partial charge is 0.0878 e. The van der Waals surface area contributed by atoms with Gasteiger partial charge >= 0.3 is 0 Å². The first kappa shape index (κ1) is 15.3. The van der Waals surface area contributed by atoms with Gasteiger partial charge in [0.25, 0.3) is 0 Å². The molecule has 0 aliphatic carbocycles. The number of halogens is 1. The standard InChI is InChI=1S/C19H23Br/c1-13(2)19(20)18(16-8-6-5-7-9-16)17-11-10-14(3)12-15(17)4/h5-13,18-19H,1-4H3. The summed E-state index contributed by atoms with van der Waals surface area (Å²) < 4.78 is 0. The molecule has 2 rings (SSSR count). The van der Waals surface area contributed by atoms with Crippen LogP contribution in [0.2, 0.25) is 0 Å². The van der Waals surface area contributed by atoms with Crippen LogP contribution in [-0.4, -0.2) is 4.83 Å². The van der Waals surface area contributed by atoms with Crippen LogP contribution in [0, 0.1) is 19.8 Å². The van der Waals surface area contributed by atoms with Crippen LogP contribution in [0.4, 0.5) is 0 Å². The summed E-state index contributed by atoms with van der Waals surface area (Å²) in [6, 6.07) is 17.6. The first-order valence-corrected chi connectivity index (χ1v) is 8.18. The Morgan fingerprint density at radius 2 is 1.55 bits per heavy atom. The van der Waals surface area contributed by atoms with Crippen molar-refractivity contribution in [1.82, 2.24) is 0 Å². The molecule has 0 saturated carbocycles. The molecule has 0 N–H and O–H groups in total. The Bertz CT molecular complexity index is 557. The van der Waals surface area contributed by atoms with Crippen LogP contribution in [0.1, 0.15) is 42.0 Å². The van der Waals surface area contributed by atoms with Crippen molar-refractivity contribution in [2.45, 2.75) is 38.4 Å². The van der Waals surface area contributed by atoms with E-state index in [-0.39, 0.29) is 0 Å². The molecule has 2 aromatic rings. The van der Waals surface area contributed by atoms with Crippen LogP contribution >= 0.6 is 15.9 Å². The molecular formula is C19H23Br. The Morgan fingerprint density at radius 3 is 2.10 bits per heavy atom. The van der Waals surface area contributed by atoms with Crippen LogP contribution in [-0.2, 0) is 0 Å². The van der Waals surface area contributed by atoms with Crippen LogP contribution in [0.25, 0.3) is 0 Å². The van der Waals surface area contributed by atoms with E-state index in [4.69, 9.17) is 0 Å². The molecule has 20 heavy (non-hydrogen) atoms. The lowest BCUT2D eigenvalue weighted by molar-refractivity contribution is 0.567. The fourth-order valence-corrected chi connectivity index (χ4v) is 3.34.